The molecule has 0 atom stereocenters. The summed E-state index contributed by atoms with van der Waals surface area (Å²) in [6.07, 6.45) is 1.95. The number of rotatable bonds is 2. The third-order valence-electron chi connectivity index (χ3n) is 4.51. The van der Waals surface area contributed by atoms with E-state index in [1.165, 1.54) is 21.5 Å². The molecule has 0 spiro atoms. The molecule has 0 radical (unpaired) electrons. The van der Waals surface area contributed by atoms with Gasteiger partial charge in [0.05, 0.1) is 5.69 Å². The number of hydrogen-bond donors (Lipinski definition) is 0. The average molecular weight is 325 g/mol. The molecule has 1 aliphatic rings. The smallest absolute Gasteiger partial charge is 0.231 e. The van der Waals surface area contributed by atoms with Gasteiger partial charge < -0.3 is 9.47 Å². The molecule has 0 fully saturated rings. The quantitative estimate of drug-likeness (QED) is 0.361. The van der Waals surface area contributed by atoms with E-state index in [0.717, 1.165) is 22.7 Å². The lowest BCUT2D eigenvalue weighted by molar-refractivity contribution is 0.174. The van der Waals surface area contributed by atoms with Crippen LogP contribution >= 0.6 is 0 Å². The second-order valence-electron chi connectivity index (χ2n) is 6.03. The highest BCUT2D eigenvalue weighted by Gasteiger charge is 2.13. The Morgan fingerprint density at radius 3 is 2.16 bits per heavy atom. The second-order valence-corrected chi connectivity index (χ2v) is 6.03. The summed E-state index contributed by atoms with van der Waals surface area (Å²) in [6, 6.07) is 24.8. The Morgan fingerprint density at radius 2 is 1.40 bits per heavy atom. The maximum atomic E-state index is 5.44. The van der Waals surface area contributed by atoms with Crippen LogP contribution in [0.4, 0.5) is 5.69 Å². The highest BCUT2D eigenvalue weighted by atomic mass is 16.7. The number of nitrogens with zero attached hydrogens (tertiary/aromatic N) is 1. The monoisotopic (exact) mass is 325 g/mol. The first-order valence-corrected chi connectivity index (χ1v) is 8.23. The van der Waals surface area contributed by atoms with E-state index in [-0.39, 0.29) is 6.79 Å². The van der Waals surface area contributed by atoms with Crippen LogP contribution in [0.5, 0.6) is 11.5 Å². The van der Waals surface area contributed by atoms with Crippen LogP contribution in [0.1, 0.15) is 5.56 Å². The molecule has 120 valence electrons. The molecule has 1 aliphatic heterocycles. The molecular weight excluding hydrogens is 310 g/mol. The van der Waals surface area contributed by atoms with Crippen molar-refractivity contribution in [2.24, 2.45) is 4.99 Å². The standard InChI is InChI=1S/C22H15NO2/c1-3-7-18-15(5-1)11-16-6-2-4-8-19(16)20(18)13-23-17-9-10-21-22(12-17)25-14-24-21/h1-13H,14H2. The second kappa shape index (κ2) is 5.64. The molecule has 0 saturated carbocycles. The van der Waals surface area contributed by atoms with Crippen molar-refractivity contribution in [3.05, 3.63) is 78.4 Å². The van der Waals surface area contributed by atoms with Crippen LogP contribution in [0.2, 0.25) is 0 Å². The van der Waals surface area contributed by atoms with Crippen molar-refractivity contribution in [1.82, 2.24) is 0 Å². The first-order valence-electron chi connectivity index (χ1n) is 8.23. The summed E-state index contributed by atoms with van der Waals surface area (Å²) >= 11 is 0. The summed E-state index contributed by atoms with van der Waals surface area (Å²) in [5.74, 6) is 1.52. The summed E-state index contributed by atoms with van der Waals surface area (Å²) in [7, 11) is 0. The van der Waals surface area contributed by atoms with Gasteiger partial charge in [0.2, 0.25) is 6.79 Å². The Labute approximate surface area is 145 Å². The molecule has 0 aromatic heterocycles. The highest BCUT2D eigenvalue weighted by Crippen LogP contribution is 2.35. The first-order chi connectivity index (χ1) is 12.4. The molecule has 0 bridgehead atoms. The Hall–Kier alpha value is -3.33. The minimum atomic E-state index is 0.274. The van der Waals surface area contributed by atoms with Gasteiger partial charge in [-0.3, -0.25) is 4.99 Å². The number of aliphatic imine (C=N–C) groups is 1. The van der Waals surface area contributed by atoms with E-state index in [0.29, 0.717) is 0 Å². The largest absolute Gasteiger partial charge is 0.454 e. The maximum absolute atomic E-state index is 5.44. The third-order valence-corrected chi connectivity index (χ3v) is 4.51. The van der Waals surface area contributed by atoms with E-state index in [4.69, 9.17) is 14.5 Å². The predicted octanol–water partition coefficient (Wildman–Crippen LogP) is 5.47. The number of ether oxygens (including phenoxy) is 2. The topological polar surface area (TPSA) is 30.8 Å². The molecule has 4 aromatic carbocycles. The normalized spacial score (nSPS) is 13.1. The summed E-state index contributed by atoms with van der Waals surface area (Å²) in [4.78, 5) is 4.69. The van der Waals surface area contributed by atoms with Crippen LogP contribution in [0.25, 0.3) is 21.5 Å². The van der Waals surface area contributed by atoms with Crippen molar-refractivity contribution < 1.29 is 9.47 Å². The van der Waals surface area contributed by atoms with Gasteiger partial charge in [0.25, 0.3) is 0 Å². The lowest BCUT2D eigenvalue weighted by atomic mass is 9.97. The zero-order chi connectivity index (χ0) is 16.6. The summed E-state index contributed by atoms with van der Waals surface area (Å²) in [5.41, 5.74) is 1.98. The van der Waals surface area contributed by atoms with Gasteiger partial charge in [0.15, 0.2) is 11.5 Å². The van der Waals surface area contributed by atoms with Crippen molar-refractivity contribution >= 4 is 33.4 Å². The third kappa shape index (κ3) is 2.41. The molecule has 5 rings (SSSR count). The lowest BCUT2D eigenvalue weighted by Crippen LogP contribution is -1.92. The van der Waals surface area contributed by atoms with E-state index >= 15 is 0 Å². The Morgan fingerprint density at radius 1 is 0.720 bits per heavy atom. The van der Waals surface area contributed by atoms with Crippen molar-refractivity contribution in [1.29, 1.82) is 0 Å². The van der Waals surface area contributed by atoms with Crippen LogP contribution < -0.4 is 9.47 Å². The van der Waals surface area contributed by atoms with Crippen LogP contribution in [-0.2, 0) is 0 Å². The molecular formula is C22H15NO2. The van der Waals surface area contributed by atoms with Gasteiger partial charge in [0.1, 0.15) is 0 Å². The highest BCUT2D eigenvalue weighted by molar-refractivity contribution is 6.13. The Bertz CT molecular complexity index is 1080. The molecule has 0 amide bonds. The summed E-state index contributed by atoms with van der Waals surface area (Å²) in [5, 5.41) is 4.83. The first kappa shape index (κ1) is 14.1. The van der Waals surface area contributed by atoms with Crippen molar-refractivity contribution in [3.63, 3.8) is 0 Å². The average Bonchev–Trinajstić information content (AvgIpc) is 3.13. The summed E-state index contributed by atoms with van der Waals surface area (Å²) in [6.45, 7) is 0.274. The molecule has 0 N–H and O–H groups in total. The van der Waals surface area contributed by atoms with Crippen molar-refractivity contribution in [3.8, 4) is 11.5 Å². The van der Waals surface area contributed by atoms with Gasteiger partial charge in [-0.15, -0.1) is 0 Å². The van der Waals surface area contributed by atoms with Crippen molar-refractivity contribution in [2.45, 2.75) is 0 Å². The fourth-order valence-electron chi connectivity index (χ4n) is 3.29. The maximum Gasteiger partial charge on any atom is 0.231 e. The van der Waals surface area contributed by atoms with E-state index in [1.54, 1.807) is 0 Å². The summed E-state index contributed by atoms with van der Waals surface area (Å²) < 4.78 is 10.8. The minimum absolute atomic E-state index is 0.274. The Balaban J connectivity index is 1.68. The number of benzene rings is 4. The molecule has 0 unspecified atom stereocenters. The molecule has 1 heterocycles. The zero-order valence-electron chi connectivity index (χ0n) is 13.5. The van der Waals surface area contributed by atoms with Gasteiger partial charge in [-0.2, -0.15) is 0 Å². The molecule has 25 heavy (non-hydrogen) atoms. The molecule has 3 nitrogen and oxygen atoms in total. The van der Waals surface area contributed by atoms with Gasteiger partial charge in [-0.1, -0.05) is 48.5 Å². The number of hydrogen-bond acceptors (Lipinski definition) is 3. The van der Waals surface area contributed by atoms with Crippen LogP contribution in [0.3, 0.4) is 0 Å². The van der Waals surface area contributed by atoms with Gasteiger partial charge >= 0.3 is 0 Å². The fraction of sp³-hybridized carbons (Fsp3) is 0.0455. The SMILES string of the molecule is C(=Nc1ccc2c(c1)OCO2)c1c2ccccc2cc2ccccc12. The van der Waals surface area contributed by atoms with E-state index in [9.17, 15) is 0 Å². The van der Waals surface area contributed by atoms with Crippen LogP contribution in [0.15, 0.2) is 77.8 Å². The van der Waals surface area contributed by atoms with Gasteiger partial charge in [-0.25, -0.2) is 0 Å². The van der Waals surface area contributed by atoms with Crippen LogP contribution in [-0.4, -0.2) is 13.0 Å². The van der Waals surface area contributed by atoms with Crippen LogP contribution in [0, 0.1) is 0 Å². The molecule has 4 aromatic rings. The molecule has 3 heteroatoms. The molecule has 0 saturated heterocycles. The van der Waals surface area contributed by atoms with Gasteiger partial charge in [0, 0.05) is 17.8 Å². The predicted molar refractivity (Wildman–Crippen MR) is 101 cm³/mol. The van der Waals surface area contributed by atoms with Gasteiger partial charge in [-0.05, 0) is 39.7 Å². The lowest BCUT2D eigenvalue weighted by Gasteiger charge is -2.08. The Kier molecular flexibility index (Phi) is 3.17. The molecule has 0 aliphatic carbocycles. The zero-order valence-corrected chi connectivity index (χ0v) is 13.5. The van der Waals surface area contributed by atoms with E-state index < -0.39 is 0 Å². The minimum Gasteiger partial charge on any atom is -0.454 e. The van der Waals surface area contributed by atoms with E-state index in [2.05, 4.69) is 54.6 Å². The van der Waals surface area contributed by atoms with Crippen molar-refractivity contribution in [2.75, 3.05) is 6.79 Å². The number of fused-ring (bicyclic) bond motifs is 3. The fourth-order valence-corrected chi connectivity index (χ4v) is 3.29. The van der Waals surface area contributed by atoms with E-state index in [1.807, 2.05) is 24.4 Å².